The van der Waals surface area contributed by atoms with Crippen molar-refractivity contribution in [1.82, 2.24) is 9.97 Å². The Balaban J connectivity index is 1.43. The summed E-state index contributed by atoms with van der Waals surface area (Å²) in [5, 5.41) is 3.72. The van der Waals surface area contributed by atoms with Crippen molar-refractivity contribution in [3.05, 3.63) is 95.1 Å². The van der Waals surface area contributed by atoms with Gasteiger partial charge in [0.2, 0.25) is 11.8 Å². The quantitative estimate of drug-likeness (QED) is 0.254. The van der Waals surface area contributed by atoms with Gasteiger partial charge < -0.3 is 10.1 Å². The van der Waals surface area contributed by atoms with Gasteiger partial charge in [-0.25, -0.2) is 4.98 Å². The summed E-state index contributed by atoms with van der Waals surface area (Å²) in [5.74, 6) is 2.12. The Labute approximate surface area is 197 Å². The van der Waals surface area contributed by atoms with Gasteiger partial charge in [-0.3, -0.25) is 4.79 Å². The molecule has 0 unspecified atom stereocenters. The fourth-order valence-corrected chi connectivity index (χ4v) is 4.47. The van der Waals surface area contributed by atoms with Gasteiger partial charge in [0, 0.05) is 17.7 Å². The number of hydrogen-bond donors (Lipinski definition) is 1. The molecular formula is C27H23N3O2S. The van der Waals surface area contributed by atoms with Gasteiger partial charge in [-0.1, -0.05) is 77.5 Å². The predicted octanol–water partition coefficient (Wildman–Crippen LogP) is 6.19. The Morgan fingerprint density at radius 2 is 1.64 bits per heavy atom. The monoisotopic (exact) mass is 453 g/mol. The molecule has 0 radical (unpaired) electrons. The fraction of sp³-hybridized carbons (Fsp3) is 0.148. The normalized spacial score (nSPS) is 11.8. The second-order valence-electron chi connectivity index (χ2n) is 8.09. The van der Waals surface area contributed by atoms with Crippen LogP contribution in [0.25, 0.3) is 11.4 Å². The minimum absolute atomic E-state index is 0.0785. The lowest BCUT2D eigenvalue weighted by Gasteiger charge is -2.21. The number of carbonyl (C=O) groups excluding carboxylic acids is 1. The smallest absolute Gasteiger partial charge is 0.234 e. The van der Waals surface area contributed by atoms with Gasteiger partial charge in [-0.05, 0) is 37.6 Å². The van der Waals surface area contributed by atoms with Crippen molar-refractivity contribution < 1.29 is 9.53 Å². The van der Waals surface area contributed by atoms with Crippen molar-refractivity contribution in [2.75, 3.05) is 11.1 Å². The van der Waals surface area contributed by atoms with Crippen LogP contribution >= 0.6 is 11.8 Å². The van der Waals surface area contributed by atoms with E-state index in [1.165, 1.54) is 17.3 Å². The van der Waals surface area contributed by atoms with Crippen molar-refractivity contribution in [2.45, 2.75) is 25.3 Å². The highest BCUT2D eigenvalue weighted by Crippen LogP contribution is 2.40. The molecule has 1 aliphatic heterocycles. The second kappa shape index (κ2) is 9.08. The van der Waals surface area contributed by atoms with Gasteiger partial charge >= 0.3 is 0 Å². The third kappa shape index (κ3) is 4.76. The number of fused-ring (bicyclic) bond motifs is 2. The van der Waals surface area contributed by atoms with E-state index in [0.717, 1.165) is 38.7 Å². The first-order valence-electron chi connectivity index (χ1n) is 10.8. The van der Waals surface area contributed by atoms with Crippen molar-refractivity contribution in [3.8, 4) is 23.0 Å². The molecule has 5 rings (SSSR count). The molecule has 0 aliphatic carbocycles. The molecule has 0 atom stereocenters. The first kappa shape index (κ1) is 21.2. The van der Waals surface area contributed by atoms with Gasteiger partial charge in [-0.15, -0.1) is 0 Å². The number of thioether (sulfide) groups is 1. The first-order valence-corrected chi connectivity index (χ1v) is 11.8. The summed E-state index contributed by atoms with van der Waals surface area (Å²) < 4.78 is 6.15. The van der Waals surface area contributed by atoms with Crippen LogP contribution in [0.2, 0.25) is 0 Å². The van der Waals surface area contributed by atoms with Crippen LogP contribution < -0.4 is 10.1 Å². The van der Waals surface area contributed by atoms with Gasteiger partial charge in [0.05, 0.1) is 11.3 Å². The predicted molar refractivity (Wildman–Crippen MR) is 132 cm³/mol. The summed E-state index contributed by atoms with van der Waals surface area (Å²) in [6.45, 7) is 4.07. The zero-order valence-corrected chi connectivity index (χ0v) is 19.3. The Bertz CT molecular complexity index is 1320. The molecular weight excluding hydrogens is 430 g/mol. The molecule has 0 saturated heterocycles. The van der Waals surface area contributed by atoms with Crippen molar-refractivity contribution in [2.24, 2.45) is 0 Å². The molecule has 2 heterocycles. The number of anilines is 1. The SMILES string of the molecule is Cc1ccc(NC(=O)CSc2nc(-c3ccc(C)cc3)nc3c2Cc2ccccc2O3)cc1. The Kier molecular flexibility index (Phi) is 5.84. The number of aryl methyl sites for hydroxylation is 2. The largest absolute Gasteiger partial charge is 0.438 e. The third-order valence-electron chi connectivity index (χ3n) is 5.46. The van der Waals surface area contributed by atoms with E-state index in [0.29, 0.717) is 18.1 Å². The number of nitrogens with zero attached hydrogens (tertiary/aromatic N) is 2. The number of aromatic nitrogens is 2. The number of para-hydroxylation sites is 1. The van der Waals surface area contributed by atoms with Crippen LogP contribution in [-0.4, -0.2) is 21.6 Å². The summed E-state index contributed by atoms with van der Waals surface area (Å²) in [5.41, 5.74) is 6.02. The zero-order chi connectivity index (χ0) is 22.8. The standard InChI is InChI=1S/C27H23N3O2S/c1-17-7-11-19(12-8-17)25-29-26-22(15-20-5-3-4-6-23(20)32-26)27(30-25)33-16-24(31)28-21-13-9-18(2)10-14-21/h3-14H,15-16H2,1-2H3,(H,28,31). The molecule has 0 spiro atoms. The van der Waals surface area contributed by atoms with E-state index in [2.05, 4.69) is 5.32 Å². The Morgan fingerprint density at radius 1 is 0.939 bits per heavy atom. The topological polar surface area (TPSA) is 64.1 Å². The van der Waals surface area contributed by atoms with E-state index < -0.39 is 0 Å². The molecule has 3 aromatic carbocycles. The number of hydrogen-bond acceptors (Lipinski definition) is 5. The summed E-state index contributed by atoms with van der Waals surface area (Å²) in [6, 6.07) is 23.8. The van der Waals surface area contributed by atoms with Crippen molar-refractivity contribution in [1.29, 1.82) is 0 Å². The van der Waals surface area contributed by atoms with Crippen LogP contribution in [0.5, 0.6) is 11.6 Å². The molecule has 1 aliphatic rings. The van der Waals surface area contributed by atoms with Crippen LogP contribution in [0.3, 0.4) is 0 Å². The van der Waals surface area contributed by atoms with E-state index in [1.807, 2.05) is 86.6 Å². The highest BCUT2D eigenvalue weighted by Gasteiger charge is 2.24. The maximum atomic E-state index is 12.6. The molecule has 1 aromatic heterocycles. The summed E-state index contributed by atoms with van der Waals surface area (Å²) in [4.78, 5) is 22.2. The Hall–Kier alpha value is -3.64. The molecule has 4 aromatic rings. The molecule has 1 N–H and O–H groups in total. The van der Waals surface area contributed by atoms with Gasteiger partial charge in [0.15, 0.2) is 5.82 Å². The second-order valence-corrected chi connectivity index (χ2v) is 9.06. The maximum absolute atomic E-state index is 12.6. The zero-order valence-electron chi connectivity index (χ0n) is 18.5. The third-order valence-corrected chi connectivity index (χ3v) is 6.48. The van der Waals surface area contributed by atoms with E-state index in [9.17, 15) is 4.79 Å². The van der Waals surface area contributed by atoms with Crippen LogP contribution in [0.15, 0.2) is 77.8 Å². The molecule has 164 valence electrons. The van der Waals surface area contributed by atoms with Gasteiger partial charge in [0.25, 0.3) is 0 Å². The van der Waals surface area contributed by atoms with Gasteiger partial charge in [0.1, 0.15) is 10.8 Å². The fourth-order valence-electron chi connectivity index (χ4n) is 3.64. The minimum Gasteiger partial charge on any atom is -0.438 e. The molecule has 1 amide bonds. The summed E-state index contributed by atoms with van der Waals surface area (Å²) >= 11 is 1.41. The summed E-state index contributed by atoms with van der Waals surface area (Å²) in [6.07, 6.45) is 0.668. The van der Waals surface area contributed by atoms with Crippen LogP contribution in [0.4, 0.5) is 5.69 Å². The summed E-state index contributed by atoms with van der Waals surface area (Å²) in [7, 11) is 0. The lowest BCUT2D eigenvalue weighted by molar-refractivity contribution is -0.113. The number of carbonyl (C=O) groups is 1. The maximum Gasteiger partial charge on any atom is 0.234 e. The number of ether oxygens (including phenoxy) is 1. The van der Waals surface area contributed by atoms with Crippen molar-refractivity contribution in [3.63, 3.8) is 0 Å². The average Bonchev–Trinajstić information content (AvgIpc) is 2.83. The lowest BCUT2D eigenvalue weighted by Crippen LogP contribution is -2.15. The minimum atomic E-state index is -0.0785. The average molecular weight is 454 g/mol. The van der Waals surface area contributed by atoms with Gasteiger partial charge in [-0.2, -0.15) is 4.98 Å². The highest BCUT2D eigenvalue weighted by molar-refractivity contribution is 8.00. The van der Waals surface area contributed by atoms with Crippen LogP contribution in [-0.2, 0) is 11.2 Å². The first-order chi connectivity index (χ1) is 16.0. The number of nitrogens with one attached hydrogen (secondary N) is 1. The molecule has 33 heavy (non-hydrogen) atoms. The molecule has 0 saturated carbocycles. The lowest BCUT2D eigenvalue weighted by atomic mass is 10.0. The van der Waals surface area contributed by atoms with E-state index >= 15 is 0 Å². The van der Waals surface area contributed by atoms with E-state index in [-0.39, 0.29) is 11.7 Å². The van der Waals surface area contributed by atoms with E-state index in [4.69, 9.17) is 14.7 Å². The number of rotatable bonds is 5. The van der Waals surface area contributed by atoms with Crippen LogP contribution in [0, 0.1) is 13.8 Å². The number of benzene rings is 3. The molecule has 6 heteroatoms. The Morgan fingerprint density at radius 3 is 2.39 bits per heavy atom. The van der Waals surface area contributed by atoms with E-state index in [1.54, 1.807) is 0 Å². The molecule has 0 fully saturated rings. The number of amides is 1. The highest BCUT2D eigenvalue weighted by atomic mass is 32.2. The molecule has 5 nitrogen and oxygen atoms in total. The molecule has 0 bridgehead atoms. The van der Waals surface area contributed by atoms with Crippen molar-refractivity contribution >= 4 is 23.4 Å². The van der Waals surface area contributed by atoms with Crippen LogP contribution in [0.1, 0.15) is 22.3 Å².